The van der Waals surface area contributed by atoms with E-state index in [1.54, 1.807) is 0 Å². The molecule has 0 amide bonds. The molecular formula is C19H24ClNO2. The van der Waals surface area contributed by atoms with Crippen molar-refractivity contribution < 1.29 is 9.53 Å². The van der Waals surface area contributed by atoms with Crippen molar-refractivity contribution in [3.63, 3.8) is 0 Å². The Morgan fingerprint density at radius 1 is 1.22 bits per heavy atom. The SMILES string of the molecule is CC(=O)OC1c2c(ccc3ccccc23)CCC1CN(C)C.Cl. The van der Waals surface area contributed by atoms with Gasteiger partial charge >= 0.3 is 5.97 Å². The highest BCUT2D eigenvalue weighted by Crippen LogP contribution is 2.41. The summed E-state index contributed by atoms with van der Waals surface area (Å²) >= 11 is 0. The summed E-state index contributed by atoms with van der Waals surface area (Å²) in [5.74, 6) is 0.145. The van der Waals surface area contributed by atoms with E-state index in [0.717, 1.165) is 19.4 Å². The zero-order valence-electron chi connectivity index (χ0n) is 13.9. The third-order valence-corrected chi connectivity index (χ3v) is 4.45. The van der Waals surface area contributed by atoms with E-state index in [4.69, 9.17) is 4.74 Å². The standard InChI is InChI=1S/C19H23NO2.ClH/c1-13(21)22-19-16(12-20(2)3)11-10-15-9-8-14-6-4-5-7-17(14)18(15)19;/h4-9,16,19H,10-12H2,1-3H3;1H. The third-order valence-electron chi connectivity index (χ3n) is 4.45. The number of aryl methyl sites for hydroxylation is 1. The Balaban J connectivity index is 0.00000192. The Hall–Kier alpha value is -1.58. The number of ether oxygens (including phenoxy) is 1. The predicted molar refractivity (Wildman–Crippen MR) is 96.1 cm³/mol. The number of hydrogen-bond donors (Lipinski definition) is 0. The molecule has 0 spiro atoms. The topological polar surface area (TPSA) is 29.5 Å². The van der Waals surface area contributed by atoms with Gasteiger partial charge in [0, 0.05) is 24.9 Å². The van der Waals surface area contributed by atoms with Crippen molar-refractivity contribution in [2.45, 2.75) is 25.9 Å². The van der Waals surface area contributed by atoms with Crippen molar-refractivity contribution in [2.24, 2.45) is 5.92 Å². The molecule has 124 valence electrons. The van der Waals surface area contributed by atoms with Crippen molar-refractivity contribution in [1.29, 1.82) is 0 Å². The molecule has 0 fully saturated rings. The second kappa shape index (κ2) is 7.33. The minimum Gasteiger partial charge on any atom is -0.457 e. The van der Waals surface area contributed by atoms with Gasteiger partial charge in [0.15, 0.2) is 0 Å². The fourth-order valence-electron chi connectivity index (χ4n) is 3.61. The molecule has 2 aromatic carbocycles. The normalized spacial score (nSPS) is 20.0. The molecule has 4 heteroatoms. The first-order valence-electron chi connectivity index (χ1n) is 7.88. The Bertz CT molecular complexity index is 699. The molecule has 2 aromatic rings. The summed E-state index contributed by atoms with van der Waals surface area (Å²) < 4.78 is 5.77. The molecule has 1 aliphatic carbocycles. The van der Waals surface area contributed by atoms with E-state index in [9.17, 15) is 4.79 Å². The Kier molecular flexibility index (Phi) is 5.66. The molecule has 23 heavy (non-hydrogen) atoms. The fraction of sp³-hybridized carbons (Fsp3) is 0.421. The van der Waals surface area contributed by atoms with Crippen LogP contribution in [0.15, 0.2) is 36.4 Å². The van der Waals surface area contributed by atoms with Crippen molar-refractivity contribution in [3.8, 4) is 0 Å². The molecule has 0 saturated carbocycles. The first kappa shape index (κ1) is 17.8. The van der Waals surface area contributed by atoms with Crippen LogP contribution in [0.25, 0.3) is 10.8 Å². The van der Waals surface area contributed by atoms with Gasteiger partial charge in [-0.15, -0.1) is 12.4 Å². The van der Waals surface area contributed by atoms with Gasteiger partial charge in [-0.2, -0.15) is 0 Å². The van der Waals surface area contributed by atoms with Gasteiger partial charge in [-0.05, 0) is 43.3 Å². The van der Waals surface area contributed by atoms with E-state index in [1.165, 1.54) is 28.8 Å². The lowest BCUT2D eigenvalue weighted by atomic mass is 9.79. The molecule has 0 aliphatic heterocycles. The second-order valence-corrected chi connectivity index (χ2v) is 6.45. The number of hydrogen-bond acceptors (Lipinski definition) is 3. The van der Waals surface area contributed by atoms with Crippen LogP contribution in [0.4, 0.5) is 0 Å². The molecule has 1 aliphatic rings. The number of carbonyl (C=O) groups excluding carboxylic acids is 1. The molecule has 0 N–H and O–H groups in total. The number of esters is 1. The molecule has 2 unspecified atom stereocenters. The molecule has 0 saturated heterocycles. The van der Waals surface area contributed by atoms with Crippen LogP contribution in [0.1, 0.15) is 30.6 Å². The number of rotatable bonds is 3. The van der Waals surface area contributed by atoms with Crippen LogP contribution in [0.2, 0.25) is 0 Å². The Morgan fingerprint density at radius 3 is 2.65 bits per heavy atom. The van der Waals surface area contributed by atoms with Crippen LogP contribution in [0, 0.1) is 5.92 Å². The molecule has 0 radical (unpaired) electrons. The lowest BCUT2D eigenvalue weighted by Crippen LogP contribution is -2.32. The van der Waals surface area contributed by atoms with E-state index < -0.39 is 0 Å². The zero-order chi connectivity index (χ0) is 15.7. The van der Waals surface area contributed by atoms with Gasteiger partial charge in [0.25, 0.3) is 0 Å². The van der Waals surface area contributed by atoms with Gasteiger partial charge in [-0.1, -0.05) is 36.4 Å². The summed E-state index contributed by atoms with van der Waals surface area (Å²) in [7, 11) is 4.15. The van der Waals surface area contributed by atoms with Crippen LogP contribution in [-0.2, 0) is 16.0 Å². The van der Waals surface area contributed by atoms with Crippen LogP contribution >= 0.6 is 12.4 Å². The summed E-state index contributed by atoms with van der Waals surface area (Å²) in [6, 6.07) is 12.7. The van der Waals surface area contributed by atoms with Crippen molar-refractivity contribution in [3.05, 3.63) is 47.5 Å². The molecule has 3 nitrogen and oxygen atoms in total. The van der Waals surface area contributed by atoms with Crippen LogP contribution in [0.3, 0.4) is 0 Å². The van der Waals surface area contributed by atoms with Crippen LogP contribution < -0.4 is 0 Å². The van der Waals surface area contributed by atoms with Gasteiger partial charge < -0.3 is 9.64 Å². The summed E-state index contributed by atoms with van der Waals surface area (Å²) in [6.07, 6.45) is 1.97. The predicted octanol–water partition coefficient (Wildman–Crippen LogP) is 3.99. The summed E-state index contributed by atoms with van der Waals surface area (Å²) in [6.45, 7) is 2.44. The number of nitrogens with zero attached hydrogens (tertiary/aromatic N) is 1. The maximum absolute atomic E-state index is 11.7. The van der Waals surface area contributed by atoms with Crippen molar-refractivity contribution >= 4 is 29.1 Å². The maximum atomic E-state index is 11.7. The summed E-state index contributed by atoms with van der Waals surface area (Å²) in [4.78, 5) is 13.8. The van der Waals surface area contributed by atoms with Gasteiger partial charge in [0.05, 0.1) is 0 Å². The van der Waals surface area contributed by atoms with Crippen LogP contribution in [-0.4, -0.2) is 31.5 Å². The highest BCUT2D eigenvalue weighted by Gasteiger charge is 2.33. The minimum absolute atomic E-state index is 0. The fourth-order valence-corrected chi connectivity index (χ4v) is 3.61. The Labute approximate surface area is 144 Å². The average molecular weight is 334 g/mol. The summed E-state index contributed by atoms with van der Waals surface area (Å²) in [5.41, 5.74) is 2.53. The smallest absolute Gasteiger partial charge is 0.303 e. The van der Waals surface area contributed by atoms with Gasteiger partial charge in [-0.25, -0.2) is 0 Å². The third kappa shape index (κ3) is 3.67. The second-order valence-electron chi connectivity index (χ2n) is 6.45. The first-order chi connectivity index (χ1) is 10.6. The van der Waals surface area contributed by atoms with E-state index in [0.29, 0.717) is 5.92 Å². The Morgan fingerprint density at radius 2 is 1.96 bits per heavy atom. The average Bonchev–Trinajstić information content (AvgIpc) is 2.48. The number of fused-ring (bicyclic) bond motifs is 3. The molecule has 0 aromatic heterocycles. The number of carbonyl (C=O) groups is 1. The lowest BCUT2D eigenvalue weighted by Gasteiger charge is -2.35. The van der Waals surface area contributed by atoms with E-state index in [-0.39, 0.29) is 24.5 Å². The van der Waals surface area contributed by atoms with Crippen molar-refractivity contribution in [2.75, 3.05) is 20.6 Å². The maximum Gasteiger partial charge on any atom is 0.303 e. The minimum atomic E-state index is -0.199. The highest BCUT2D eigenvalue weighted by molar-refractivity contribution is 5.87. The molecular weight excluding hydrogens is 310 g/mol. The summed E-state index contributed by atoms with van der Waals surface area (Å²) in [5, 5.41) is 2.43. The van der Waals surface area contributed by atoms with Gasteiger partial charge in [0.1, 0.15) is 6.10 Å². The largest absolute Gasteiger partial charge is 0.457 e. The van der Waals surface area contributed by atoms with Gasteiger partial charge in [0.2, 0.25) is 0 Å². The van der Waals surface area contributed by atoms with Gasteiger partial charge in [-0.3, -0.25) is 4.79 Å². The zero-order valence-corrected chi connectivity index (χ0v) is 14.7. The van der Waals surface area contributed by atoms with E-state index in [1.807, 2.05) is 0 Å². The number of benzene rings is 2. The highest BCUT2D eigenvalue weighted by atomic mass is 35.5. The lowest BCUT2D eigenvalue weighted by molar-refractivity contribution is -0.150. The first-order valence-corrected chi connectivity index (χ1v) is 7.88. The quantitative estimate of drug-likeness (QED) is 0.795. The molecule has 0 bridgehead atoms. The van der Waals surface area contributed by atoms with E-state index >= 15 is 0 Å². The van der Waals surface area contributed by atoms with Crippen LogP contribution in [0.5, 0.6) is 0 Å². The van der Waals surface area contributed by atoms with E-state index in [2.05, 4.69) is 55.4 Å². The monoisotopic (exact) mass is 333 g/mol. The number of halogens is 1. The molecule has 0 heterocycles. The molecule has 3 rings (SSSR count). The van der Waals surface area contributed by atoms with Crippen molar-refractivity contribution in [1.82, 2.24) is 4.90 Å². The molecule has 2 atom stereocenters.